The van der Waals surface area contributed by atoms with Crippen LogP contribution in [0.5, 0.6) is 0 Å². The van der Waals surface area contributed by atoms with Gasteiger partial charge in [-0.25, -0.2) is 0 Å². The molecule has 1 aromatic carbocycles. The quantitative estimate of drug-likeness (QED) is 0.841. The summed E-state index contributed by atoms with van der Waals surface area (Å²) in [6, 6.07) is 5.82. The van der Waals surface area contributed by atoms with Crippen molar-refractivity contribution in [3.05, 3.63) is 33.8 Å². The molecule has 1 atom stereocenters. The zero-order chi connectivity index (χ0) is 10.8. The van der Waals surface area contributed by atoms with Crippen LogP contribution in [0.3, 0.4) is 0 Å². The van der Waals surface area contributed by atoms with E-state index < -0.39 is 0 Å². The maximum absolute atomic E-state index is 6.22. The third kappa shape index (κ3) is 3.04. The van der Waals surface area contributed by atoms with Crippen LogP contribution in [-0.4, -0.2) is 0 Å². The Hall–Kier alpha value is 0.0500. The molecule has 0 spiro atoms. The Labute approximate surface area is 113 Å². The Morgan fingerprint density at radius 1 is 1.12 bits per heavy atom. The average Bonchev–Trinajstić information content (AvgIpc) is 2.74. The van der Waals surface area contributed by atoms with E-state index in [0.29, 0.717) is 16.0 Å². The van der Waals surface area contributed by atoms with Crippen molar-refractivity contribution in [2.24, 2.45) is 11.7 Å². The molecule has 2 N–H and O–H groups in total. The van der Waals surface area contributed by atoms with E-state index in [0.717, 1.165) is 5.56 Å². The molecule has 0 heterocycles. The number of rotatable bonds is 2. The maximum Gasteiger partial charge on any atom is 0.0595 e. The predicted molar refractivity (Wildman–Crippen MR) is 72.6 cm³/mol. The molecule has 16 heavy (non-hydrogen) atoms. The summed E-state index contributed by atoms with van der Waals surface area (Å²) in [5.41, 5.74) is 7.33. The van der Waals surface area contributed by atoms with E-state index in [2.05, 4.69) is 0 Å². The normalized spacial score (nSPS) is 18.2. The second kappa shape index (κ2) is 6.11. The Morgan fingerprint density at radius 2 is 1.75 bits per heavy atom. The number of hydrogen-bond donors (Lipinski definition) is 1. The number of nitrogens with two attached hydrogens (primary N) is 1. The molecule has 2 rings (SSSR count). The van der Waals surface area contributed by atoms with Crippen LogP contribution in [0.1, 0.15) is 37.3 Å². The highest BCUT2D eigenvalue weighted by atomic mass is 35.5. The van der Waals surface area contributed by atoms with E-state index in [1.807, 2.05) is 18.2 Å². The third-order valence-electron chi connectivity index (χ3n) is 3.24. The van der Waals surface area contributed by atoms with Crippen LogP contribution in [0.15, 0.2) is 18.2 Å². The molecule has 0 saturated heterocycles. The van der Waals surface area contributed by atoms with Gasteiger partial charge in [0, 0.05) is 6.04 Å². The zero-order valence-electron chi connectivity index (χ0n) is 8.96. The van der Waals surface area contributed by atoms with Crippen molar-refractivity contribution in [3.63, 3.8) is 0 Å². The Kier molecular flexibility index (Phi) is 5.39. The first-order valence-electron chi connectivity index (χ1n) is 5.39. The summed E-state index contributed by atoms with van der Waals surface area (Å²) in [7, 11) is 0. The van der Waals surface area contributed by atoms with Gasteiger partial charge < -0.3 is 5.73 Å². The second-order valence-electron chi connectivity index (χ2n) is 4.24. The molecule has 4 heteroatoms. The Bertz CT molecular complexity index is 348. The predicted octanol–water partition coefficient (Wildman–Crippen LogP) is 4.61. The summed E-state index contributed by atoms with van der Waals surface area (Å²) in [5, 5.41) is 1.20. The molecule has 0 bridgehead atoms. The fraction of sp³-hybridized carbons (Fsp3) is 0.500. The standard InChI is InChI=1S/C12H15Cl2N.ClH/c13-10-6-5-9(7-11(10)14)12(15)8-3-1-2-4-8;/h5-8,12H,1-4,15H2;1H/t12-;/m0./s1. The van der Waals surface area contributed by atoms with Gasteiger partial charge in [0.15, 0.2) is 0 Å². The van der Waals surface area contributed by atoms with Gasteiger partial charge in [0.25, 0.3) is 0 Å². The van der Waals surface area contributed by atoms with E-state index in [1.165, 1.54) is 25.7 Å². The van der Waals surface area contributed by atoms with Gasteiger partial charge in [0.05, 0.1) is 10.0 Å². The minimum absolute atomic E-state index is 0. The van der Waals surface area contributed by atoms with Gasteiger partial charge in [-0.15, -0.1) is 12.4 Å². The minimum Gasteiger partial charge on any atom is -0.324 e. The molecule has 0 aliphatic heterocycles. The molecule has 0 aromatic heterocycles. The van der Waals surface area contributed by atoms with Crippen LogP contribution >= 0.6 is 35.6 Å². The highest BCUT2D eigenvalue weighted by Gasteiger charge is 2.23. The molecule has 1 nitrogen and oxygen atoms in total. The lowest BCUT2D eigenvalue weighted by Crippen LogP contribution is -2.18. The maximum atomic E-state index is 6.22. The summed E-state index contributed by atoms with van der Waals surface area (Å²) < 4.78 is 0. The molecular weight excluding hydrogens is 264 g/mol. The summed E-state index contributed by atoms with van der Waals surface area (Å²) in [6.07, 6.45) is 5.09. The SMILES string of the molecule is Cl.N[C@H](c1ccc(Cl)c(Cl)c1)C1CCCC1. The van der Waals surface area contributed by atoms with Gasteiger partial charge >= 0.3 is 0 Å². The molecule has 0 radical (unpaired) electrons. The van der Waals surface area contributed by atoms with Crippen LogP contribution in [0, 0.1) is 5.92 Å². The topological polar surface area (TPSA) is 26.0 Å². The fourth-order valence-electron chi connectivity index (χ4n) is 2.31. The van der Waals surface area contributed by atoms with E-state index in [9.17, 15) is 0 Å². The molecule has 0 unspecified atom stereocenters. The molecule has 1 aliphatic rings. The third-order valence-corrected chi connectivity index (χ3v) is 3.98. The first-order valence-corrected chi connectivity index (χ1v) is 6.14. The molecule has 90 valence electrons. The van der Waals surface area contributed by atoms with E-state index >= 15 is 0 Å². The Balaban J connectivity index is 0.00000128. The van der Waals surface area contributed by atoms with Gasteiger partial charge in [-0.1, -0.05) is 42.1 Å². The monoisotopic (exact) mass is 279 g/mol. The second-order valence-corrected chi connectivity index (χ2v) is 5.06. The van der Waals surface area contributed by atoms with Crippen molar-refractivity contribution in [2.75, 3.05) is 0 Å². The molecule has 0 amide bonds. The summed E-state index contributed by atoms with van der Waals surface area (Å²) >= 11 is 11.8. The summed E-state index contributed by atoms with van der Waals surface area (Å²) in [4.78, 5) is 0. The van der Waals surface area contributed by atoms with Gasteiger partial charge in [-0.3, -0.25) is 0 Å². The number of halogens is 3. The smallest absolute Gasteiger partial charge is 0.0595 e. The van der Waals surface area contributed by atoms with Crippen LogP contribution in [0.4, 0.5) is 0 Å². The van der Waals surface area contributed by atoms with Crippen LogP contribution < -0.4 is 5.73 Å². The van der Waals surface area contributed by atoms with E-state index in [4.69, 9.17) is 28.9 Å². The van der Waals surface area contributed by atoms with Crippen molar-refractivity contribution >= 4 is 35.6 Å². The lowest BCUT2D eigenvalue weighted by Gasteiger charge is -2.19. The average molecular weight is 281 g/mol. The number of benzene rings is 1. The van der Waals surface area contributed by atoms with Crippen molar-refractivity contribution in [3.8, 4) is 0 Å². The summed E-state index contributed by atoms with van der Waals surface area (Å²) in [6.45, 7) is 0. The van der Waals surface area contributed by atoms with Crippen molar-refractivity contribution in [1.82, 2.24) is 0 Å². The van der Waals surface area contributed by atoms with Gasteiger partial charge in [0.1, 0.15) is 0 Å². The van der Waals surface area contributed by atoms with Crippen molar-refractivity contribution in [2.45, 2.75) is 31.7 Å². The van der Waals surface area contributed by atoms with Gasteiger partial charge in [-0.2, -0.15) is 0 Å². The van der Waals surface area contributed by atoms with Crippen LogP contribution in [0.2, 0.25) is 10.0 Å². The largest absolute Gasteiger partial charge is 0.324 e. The van der Waals surface area contributed by atoms with E-state index in [1.54, 1.807) is 0 Å². The van der Waals surface area contributed by atoms with E-state index in [-0.39, 0.29) is 18.4 Å². The molecular formula is C12H16Cl3N. The summed E-state index contributed by atoms with van der Waals surface area (Å²) in [5.74, 6) is 0.613. The van der Waals surface area contributed by atoms with Crippen molar-refractivity contribution in [1.29, 1.82) is 0 Å². The lowest BCUT2D eigenvalue weighted by molar-refractivity contribution is 0.445. The van der Waals surface area contributed by atoms with Gasteiger partial charge in [0.2, 0.25) is 0 Å². The molecule has 1 saturated carbocycles. The highest BCUT2D eigenvalue weighted by Crippen LogP contribution is 2.35. The van der Waals surface area contributed by atoms with Crippen molar-refractivity contribution < 1.29 is 0 Å². The van der Waals surface area contributed by atoms with Crippen LogP contribution in [0.25, 0.3) is 0 Å². The number of hydrogen-bond acceptors (Lipinski definition) is 1. The fourth-order valence-corrected chi connectivity index (χ4v) is 2.61. The lowest BCUT2D eigenvalue weighted by atomic mass is 9.93. The zero-order valence-corrected chi connectivity index (χ0v) is 11.3. The van der Waals surface area contributed by atoms with Gasteiger partial charge in [-0.05, 0) is 36.5 Å². The van der Waals surface area contributed by atoms with Crippen LogP contribution in [-0.2, 0) is 0 Å². The Morgan fingerprint density at radius 3 is 2.31 bits per heavy atom. The molecule has 1 fully saturated rings. The molecule has 1 aromatic rings. The first-order chi connectivity index (χ1) is 7.18. The minimum atomic E-state index is 0. The highest BCUT2D eigenvalue weighted by molar-refractivity contribution is 6.42. The first kappa shape index (κ1) is 14.1. The molecule has 1 aliphatic carbocycles.